The highest BCUT2D eigenvalue weighted by Crippen LogP contribution is 2.34. The van der Waals surface area contributed by atoms with Crippen molar-refractivity contribution in [3.05, 3.63) is 18.0 Å². The number of aryl methyl sites for hydroxylation is 1. The van der Waals surface area contributed by atoms with Gasteiger partial charge in [-0.15, -0.1) is 0 Å². The summed E-state index contributed by atoms with van der Waals surface area (Å²) in [7, 11) is 0. The first-order valence-electron chi connectivity index (χ1n) is 7.74. The van der Waals surface area contributed by atoms with E-state index in [0.717, 1.165) is 24.9 Å². The summed E-state index contributed by atoms with van der Waals surface area (Å²) in [5, 5.41) is 8.06. The standard InChI is InChI=1S/C16H29N3/c1-5-19-12-13(10-18-19)9-14-7-6-8-15(14)11-17-16(2,3)4/h10,12,14-15,17H,5-9,11H2,1-4H3. The molecule has 3 nitrogen and oxygen atoms in total. The van der Waals surface area contributed by atoms with Crippen LogP contribution in [0.2, 0.25) is 0 Å². The number of nitrogens with one attached hydrogen (secondary N) is 1. The van der Waals surface area contributed by atoms with E-state index in [2.05, 4.69) is 50.5 Å². The molecule has 2 unspecified atom stereocenters. The van der Waals surface area contributed by atoms with Gasteiger partial charge in [-0.05, 0) is 70.9 Å². The zero-order chi connectivity index (χ0) is 13.9. The normalized spacial score (nSPS) is 24.0. The van der Waals surface area contributed by atoms with Gasteiger partial charge in [0.25, 0.3) is 0 Å². The second kappa shape index (κ2) is 6.08. The van der Waals surface area contributed by atoms with Gasteiger partial charge in [0, 0.05) is 18.3 Å². The lowest BCUT2D eigenvalue weighted by Crippen LogP contribution is -2.40. The van der Waals surface area contributed by atoms with Crippen molar-refractivity contribution in [2.45, 2.75) is 65.5 Å². The lowest BCUT2D eigenvalue weighted by Gasteiger charge is -2.26. The smallest absolute Gasteiger partial charge is 0.0521 e. The summed E-state index contributed by atoms with van der Waals surface area (Å²) in [6, 6.07) is 0. The minimum absolute atomic E-state index is 0.236. The van der Waals surface area contributed by atoms with Gasteiger partial charge in [0.1, 0.15) is 0 Å². The predicted octanol–water partition coefficient (Wildman–Crippen LogP) is 3.25. The van der Waals surface area contributed by atoms with Crippen molar-refractivity contribution < 1.29 is 0 Å². The monoisotopic (exact) mass is 263 g/mol. The minimum Gasteiger partial charge on any atom is -0.312 e. The SMILES string of the molecule is CCn1cc(CC2CCCC2CNC(C)(C)C)cn1. The molecule has 1 aromatic heterocycles. The Morgan fingerprint density at radius 2 is 2.05 bits per heavy atom. The summed E-state index contributed by atoms with van der Waals surface area (Å²) in [6.07, 6.45) is 9.63. The van der Waals surface area contributed by atoms with Crippen LogP contribution < -0.4 is 5.32 Å². The molecule has 2 atom stereocenters. The lowest BCUT2D eigenvalue weighted by atomic mass is 9.90. The molecule has 0 aliphatic heterocycles. The molecular formula is C16H29N3. The first kappa shape index (κ1) is 14.6. The number of rotatable bonds is 5. The second-order valence-electron chi connectivity index (χ2n) is 6.99. The van der Waals surface area contributed by atoms with Crippen LogP contribution in [0, 0.1) is 11.8 Å². The average Bonchev–Trinajstić information content (AvgIpc) is 2.95. The van der Waals surface area contributed by atoms with Crippen LogP contribution in [-0.4, -0.2) is 21.9 Å². The fourth-order valence-electron chi connectivity index (χ4n) is 3.08. The van der Waals surface area contributed by atoms with E-state index in [9.17, 15) is 0 Å². The number of hydrogen-bond acceptors (Lipinski definition) is 2. The van der Waals surface area contributed by atoms with E-state index in [1.54, 1.807) is 0 Å². The maximum absolute atomic E-state index is 4.39. The van der Waals surface area contributed by atoms with E-state index >= 15 is 0 Å². The van der Waals surface area contributed by atoms with Crippen LogP contribution in [-0.2, 0) is 13.0 Å². The van der Waals surface area contributed by atoms with Gasteiger partial charge in [0.05, 0.1) is 6.20 Å². The fraction of sp³-hybridized carbons (Fsp3) is 0.812. The largest absolute Gasteiger partial charge is 0.312 e. The van der Waals surface area contributed by atoms with Gasteiger partial charge in [0.15, 0.2) is 0 Å². The summed E-state index contributed by atoms with van der Waals surface area (Å²) in [4.78, 5) is 0. The molecular weight excluding hydrogens is 234 g/mol. The molecule has 1 aromatic rings. The van der Waals surface area contributed by atoms with Gasteiger partial charge in [-0.2, -0.15) is 5.10 Å². The predicted molar refractivity (Wildman–Crippen MR) is 80.2 cm³/mol. The Labute approximate surface area is 117 Å². The van der Waals surface area contributed by atoms with Crippen molar-refractivity contribution >= 4 is 0 Å². The first-order chi connectivity index (χ1) is 8.98. The van der Waals surface area contributed by atoms with Crippen LogP contribution in [0.15, 0.2) is 12.4 Å². The van der Waals surface area contributed by atoms with Gasteiger partial charge < -0.3 is 5.32 Å². The number of nitrogens with zero attached hydrogens (tertiary/aromatic N) is 2. The van der Waals surface area contributed by atoms with Gasteiger partial charge in [-0.1, -0.05) is 6.42 Å². The van der Waals surface area contributed by atoms with Crippen molar-refractivity contribution in [2.75, 3.05) is 6.54 Å². The minimum atomic E-state index is 0.236. The quantitative estimate of drug-likeness (QED) is 0.884. The maximum Gasteiger partial charge on any atom is 0.0521 e. The van der Waals surface area contributed by atoms with Gasteiger partial charge >= 0.3 is 0 Å². The molecule has 108 valence electrons. The molecule has 1 aliphatic rings. The maximum atomic E-state index is 4.39. The Morgan fingerprint density at radius 1 is 1.32 bits per heavy atom. The first-order valence-corrected chi connectivity index (χ1v) is 7.74. The second-order valence-corrected chi connectivity index (χ2v) is 6.99. The molecule has 0 spiro atoms. The Kier molecular flexibility index (Phi) is 4.67. The van der Waals surface area contributed by atoms with Crippen LogP contribution in [0.4, 0.5) is 0 Å². The highest BCUT2D eigenvalue weighted by Gasteiger charge is 2.28. The molecule has 2 rings (SSSR count). The van der Waals surface area contributed by atoms with Crippen LogP contribution >= 0.6 is 0 Å². The Bertz CT molecular complexity index is 389. The third-order valence-electron chi connectivity index (χ3n) is 4.22. The van der Waals surface area contributed by atoms with E-state index in [1.165, 1.54) is 31.2 Å². The van der Waals surface area contributed by atoms with Crippen LogP contribution in [0.3, 0.4) is 0 Å². The van der Waals surface area contributed by atoms with Crippen molar-refractivity contribution in [3.8, 4) is 0 Å². The molecule has 1 heterocycles. The molecule has 1 N–H and O–H groups in total. The Morgan fingerprint density at radius 3 is 2.68 bits per heavy atom. The summed E-state index contributed by atoms with van der Waals surface area (Å²) in [5.74, 6) is 1.67. The summed E-state index contributed by atoms with van der Waals surface area (Å²) in [5.41, 5.74) is 1.65. The molecule has 0 radical (unpaired) electrons. The Balaban J connectivity index is 1.88. The average molecular weight is 263 g/mol. The third kappa shape index (κ3) is 4.34. The van der Waals surface area contributed by atoms with Crippen LogP contribution in [0.1, 0.15) is 52.5 Å². The fourth-order valence-corrected chi connectivity index (χ4v) is 3.08. The van der Waals surface area contributed by atoms with Gasteiger partial charge in [-0.25, -0.2) is 0 Å². The van der Waals surface area contributed by atoms with Crippen molar-refractivity contribution in [1.82, 2.24) is 15.1 Å². The molecule has 3 heteroatoms. The zero-order valence-corrected chi connectivity index (χ0v) is 12.9. The van der Waals surface area contributed by atoms with Gasteiger partial charge in [0.2, 0.25) is 0 Å². The van der Waals surface area contributed by atoms with Crippen LogP contribution in [0.5, 0.6) is 0 Å². The zero-order valence-electron chi connectivity index (χ0n) is 12.9. The summed E-state index contributed by atoms with van der Waals surface area (Å²) in [6.45, 7) is 11.0. The Hall–Kier alpha value is -0.830. The summed E-state index contributed by atoms with van der Waals surface area (Å²) < 4.78 is 2.03. The topological polar surface area (TPSA) is 29.9 Å². The molecule has 1 fully saturated rings. The lowest BCUT2D eigenvalue weighted by molar-refractivity contribution is 0.317. The van der Waals surface area contributed by atoms with E-state index in [0.29, 0.717) is 0 Å². The highest BCUT2D eigenvalue weighted by molar-refractivity contribution is 5.06. The van der Waals surface area contributed by atoms with E-state index in [4.69, 9.17) is 0 Å². The number of hydrogen-bond donors (Lipinski definition) is 1. The van der Waals surface area contributed by atoms with Crippen molar-refractivity contribution in [1.29, 1.82) is 0 Å². The highest BCUT2D eigenvalue weighted by atomic mass is 15.3. The van der Waals surface area contributed by atoms with Crippen molar-refractivity contribution in [3.63, 3.8) is 0 Å². The molecule has 0 amide bonds. The summed E-state index contributed by atoms with van der Waals surface area (Å²) >= 11 is 0. The van der Waals surface area contributed by atoms with E-state index < -0.39 is 0 Å². The molecule has 0 saturated heterocycles. The van der Waals surface area contributed by atoms with Crippen molar-refractivity contribution in [2.24, 2.45) is 11.8 Å². The number of aromatic nitrogens is 2. The van der Waals surface area contributed by atoms with E-state index in [1.807, 2.05) is 4.68 Å². The molecule has 1 aliphatic carbocycles. The molecule has 0 bridgehead atoms. The van der Waals surface area contributed by atoms with Crippen LogP contribution in [0.25, 0.3) is 0 Å². The molecule has 1 saturated carbocycles. The molecule has 0 aromatic carbocycles. The van der Waals surface area contributed by atoms with E-state index in [-0.39, 0.29) is 5.54 Å². The molecule has 19 heavy (non-hydrogen) atoms. The third-order valence-corrected chi connectivity index (χ3v) is 4.22. The van der Waals surface area contributed by atoms with Gasteiger partial charge in [-0.3, -0.25) is 4.68 Å².